The number of benzene rings is 8. The molecular weight excluding hydrogens is 731 g/mol. The van der Waals surface area contributed by atoms with Crippen LogP contribution in [-0.2, 0) is 12.8 Å². The minimum atomic E-state index is 0.765. The molecule has 8 aromatic rings. The summed E-state index contributed by atoms with van der Waals surface area (Å²) in [6, 6.07) is 61.3. The van der Waals surface area contributed by atoms with Crippen LogP contribution in [0, 0.1) is 34.6 Å². The number of aryl methyl sites for hydroxylation is 3. The fourth-order valence-corrected chi connectivity index (χ4v) is 8.50. The van der Waals surface area contributed by atoms with E-state index in [1.807, 2.05) is 0 Å². The van der Waals surface area contributed by atoms with Crippen molar-refractivity contribution >= 4 is 18.3 Å². The highest BCUT2D eigenvalue weighted by Crippen LogP contribution is 2.39. The van der Waals surface area contributed by atoms with Gasteiger partial charge in [-0.15, -0.1) is 12.6 Å². The number of rotatable bonds is 9. The molecule has 0 saturated heterocycles. The fraction of sp³-hybridized carbons (Fsp3) is 0.158. The Labute approximate surface area is 358 Å². The fourth-order valence-electron chi connectivity index (χ4n) is 8.03. The maximum atomic E-state index is 6.36. The number of thiol groups is 1. The highest BCUT2D eigenvalue weighted by molar-refractivity contribution is 7.80. The summed E-state index contributed by atoms with van der Waals surface area (Å²) in [6.07, 6.45) is 3.28. The van der Waals surface area contributed by atoms with Crippen molar-refractivity contribution in [1.82, 2.24) is 0 Å². The molecule has 0 aliphatic carbocycles. The number of nitrogens with two attached hydrogens (primary N) is 1. The van der Waals surface area contributed by atoms with Crippen LogP contribution >= 0.6 is 12.6 Å². The van der Waals surface area contributed by atoms with E-state index < -0.39 is 0 Å². The van der Waals surface area contributed by atoms with E-state index >= 15 is 0 Å². The molecular formula is C57H55NS. The molecule has 0 atom stereocenters. The summed E-state index contributed by atoms with van der Waals surface area (Å²) in [5.41, 5.74) is 29.9. The quantitative estimate of drug-likeness (QED) is 0.111. The second kappa shape index (κ2) is 18.7. The van der Waals surface area contributed by atoms with Gasteiger partial charge in [-0.2, -0.15) is 0 Å². The molecule has 0 unspecified atom stereocenters. The molecule has 0 amide bonds. The average Bonchev–Trinajstić information content (AvgIpc) is 3.27. The van der Waals surface area contributed by atoms with Crippen LogP contribution in [-0.4, -0.2) is 0 Å². The van der Waals surface area contributed by atoms with Gasteiger partial charge in [-0.25, -0.2) is 0 Å². The van der Waals surface area contributed by atoms with Crippen molar-refractivity contribution in [3.05, 3.63) is 214 Å². The zero-order valence-corrected chi connectivity index (χ0v) is 36.2. The number of hydrogen-bond donors (Lipinski definition) is 2. The molecule has 0 aromatic heterocycles. The van der Waals surface area contributed by atoms with Crippen molar-refractivity contribution in [2.75, 3.05) is 5.73 Å². The first-order valence-electron chi connectivity index (χ1n) is 20.8. The molecule has 0 fully saturated rings. The van der Waals surface area contributed by atoms with Crippen molar-refractivity contribution in [3.8, 4) is 55.6 Å². The number of hydrogen-bond acceptors (Lipinski definition) is 2. The van der Waals surface area contributed by atoms with E-state index in [-0.39, 0.29) is 0 Å². The van der Waals surface area contributed by atoms with Crippen molar-refractivity contribution in [1.29, 1.82) is 0 Å². The van der Waals surface area contributed by atoms with Gasteiger partial charge >= 0.3 is 0 Å². The normalized spacial score (nSPS) is 10.9. The molecule has 0 aliphatic heterocycles. The van der Waals surface area contributed by atoms with Gasteiger partial charge in [0.05, 0.1) is 0 Å². The van der Waals surface area contributed by atoms with E-state index in [1.54, 1.807) is 0 Å². The molecule has 1 nitrogen and oxygen atoms in total. The maximum Gasteiger partial charge on any atom is 0.0488 e. The first kappa shape index (κ1) is 41.1. The minimum absolute atomic E-state index is 0.765. The van der Waals surface area contributed by atoms with Gasteiger partial charge in [0.2, 0.25) is 0 Å². The molecule has 59 heavy (non-hydrogen) atoms. The Hall–Kier alpha value is -6.09. The molecule has 2 heteroatoms. The number of anilines is 1. The van der Waals surface area contributed by atoms with Gasteiger partial charge in [-0.3, -0.25) is 0 Å². The standard InChI is InChI=1S/C40H35NS.C17H20/c1-26-27(2)38(40(42)39(41)28(26)3)37-23-21-36(22-24-37)35-19-17-34(18-20-35)33-15-11-30(12-16-33)25-29-9-13-32(14-10-29)31-7-5-4-6-8-31;1-4-7-15-12-13(2)10-11-17(15)16-9-6-5-8-14(16)3/h4-24,42H,25,41H2,1-3H3;5-6,8-12H,4,7H2,1-3H3. The third kappa shape index (κ3) is 9.46. The summed E-state index contributed by atoms with van der Waals surface area (Å²) >= 11 is 4.77. The van der Waals surface area contributed by atoms with Crippen LogP contribution in [0.5, 0.6) is 0 Å². The van der Waals surface area contributed by atoms with Gasteiger partial charge in [-0.1, -0.05) is 189 Å². The Morgan fingerprint density at radius 1 is 0.441 bits per heavy atom. The van der Waals surface area contributed by atoms with Crippen molar-refractivity contribution < 1.29 is 0 Å². The van der Waals surface area contributed by atoms with Crippen molar-refractivity contribution in [3.63, 3.8) is 0 Å². The minimum Gasteiger partial charge on any atom is -0.398 e. The second-order valence-electron chi connectivity index (χ2n) is 15.8. The van der Waals surface area contributed by atoms with Crippen LogP contribution in [0.25, 0.3) is 55.6 Å². The van der Waals surface area contributed by atoms with Crippen LogP contribution in [0.4, 0.5) is 5.69 Å². The Balaban J connectivity index is 0.000000259. The maximum absolute atomic E-state index is 6.36. The van der Waals surface area contributed by atoms with Crippen LogP contribution in [0.2, 0.25) is 0 Å². The molecule has 0 saturated carbocycles. The largest absolute Gasteiger partial charge is 0.398 e. The van der Waals surface area contributed by atoms with Crippen LogP contribution < -0.4 is 5.73 Å². The van der Waals surface area contributed by atoms with E-state index in [2.05, 4.69) is 211 Å². The van der Waals surface area contributed by atoms with Gasteiger partial charge in [0.1, 0.15) is 0 Å². The van der Waals surface area contributed by atoms with E-state index in [0.29, 0.717) is 0 Å². The van der Waals surface area contributed by atoms with Crippen LogP contribution in [0.1, 0.15) is 57.9 Å². The molecule has 0 heterocycles. The highest BCUT2D eigenvalue weighted by atomic mass is 32.1. The Kier molecular flexibility index (Phi) is 13.0. The summed E-state index contributed by atoms with van der Waals surface area (Å²) < 4.78 is 0. The molecule has 0 bridgehead atoms. The molecule has 0 aliphatic rings. The molecule has 8 aromatic carbocycles. The van der Waals surface area contributed by atoms with E-state index in [0.717, 1.165) is 40.1 Å². The van der Waals surface area contributed by atoms with Gasteiger partial charge in [0, 0.05) is 16.1 Å². The lowest BCUT2D eigenvalue weighted by atomic mass is 9.91. The van der Waals surface area contributed by atoms with Crippen molar-refractivity contribution in [2.45, 2.75) is 65.7 Å². The predicted octanol–water partition coefficient (Wildman–Crippen LogP) is 15.7. The molecule has 0 radical (unpaired) electrons. The lowest BCUT2D eigenvalue weighted by Crippen LogP contribution is -2.00. The monoisotopic (exact) mass is 785 g/mol. The third-order valence-electron chi connectivity index (χ3n) is 11.8. The lowest BCUT2D eigenvalue weighted by Gasteiger charge is -2.18. The first-order chi connectivity index (χ1) is 28.6. The highest BCUT2D eigenvalue weighted by Gasteiger charge is 2.15. The van der Waals surface area contributed by atoms with E-state index in [9.17, 15) is 0 Å². The first-order valence-corrected chi connectivity index (χ1v) is 21.2. The Morgan fingerprint density at radius 3 is 1.41 bits per heavy atom. The Bertz CT molecular complexity index is 2620. The van der Waals surface area contributed by atoms with Gasteiger partial charge in [0.25, 0.3) is 0 Å². The summed E-state index contributed by atoms with van der Waals surface area (Å²) in [4.78, 5) is 0.861. The third-order valence-corrected chi connectivity index (χ3v) is 12.2. The molecule has 8 rings (SSSR count). The van der Waals surface area contributed by atoms with Crippen LogP contribution in [0.3, 0.4) is 0 Å². The lowest BCUT2D eigenvalue weighted by molar-refractivity contribution is 0.922. The summed E-state index contributed by atoms with van der Waals surface area (Å²) in [5.74, 6) is 0. The van der Waals surface area contributed by atoms with Crippen LogP contribution in [0.15, 0.2) is 175 Å². The zero-order chi connectivity index (χ0) is 41.5. The van der Waals surface area contributed by atoms with E-state index in [1.165, 1.54) is 89.9 Å². The molecule has 2 N–H and O–H groups in total. The molecule has 294 valence electrons. The topological polar surface area (TPSA) is 26.0 Å². The van der Waals surface area contributed by atoms with Gasteiger partial charge < -0.3 is 5.73 Å². The Morgan fingerprint density at radius 2 is 0.898 bits per heavy atom. The van der Waals surface area contributed by atoms with Gasteiger partial charge in [-0.05, 0) is 136 Å². The smallest absolute Gasteiger partial charge is 0.0488 e. The van der Waals surface area contributed by atoms with E-state index in [4.69, 9.17) is 18.4 Å². The molecule has 0 spiro atoms. The van der Waals surface area contributed by atoms with Crippen molar-refractivity contribution in [2.24, 2.45) is 0 Å². The predicted molar refractivity (Wildman–Crippen MR) is 259 cm³/mol. The number of nitrogen functional groups attached to an aromatic ring is 1. The second-order valence-corrected chi connectivity index (χ2v) is 16.3. The average molecular weight is 786 g/mol. The zero-order valence-electron chi connectivity index (χ0n) is 35.3. The summed E-state index contributed by atoms with van der Waals surface area (Å²) in [6.45, 7) is 12.9. The summed E-state index contributed by atoms with van der Waals surface area (Å²) in [5, 5.41) is 0. The summed E-state index contributed by atoms with van der Waals surface area (Å²) in [7, 11) is 0. The SMILES string of the molecule is CCCc1cc(C)ccc1-c1ccccc1C.Cc1c(C)c(N)c(S)c(-c2ccc(-c3ccc(-c4ccc(Cc5ccc(-c6ccccc6)cc5)cc4)cc3)cc2)c1C. The van der Waals surface area contributed by atoms with Gasteiger partial charge in [0.15, 0.2) is 0 Å².